The van der Waals surface area contributed by atoms with Gasteiger partial charge in [-0.25, -0.2) is 4.79 Å². The molecule has 0 bridgehead atoms. The van der Waals surface area contributed by atoms with E-state index < -0.39 is 11.0 Å². The van der Waals surface area contributed by atoms with Gasteiger partial charge in [0.25, 0.3) is 5.69 Å². The highest BCUT2D eigenvalue weighted by Crippen LogP contribution is 2.29. The molecule has 0 aliphatic heterocycles. The summed E-state index contributed by atoms with van der Waals surface area (Å²) in [5.41, 5.74) is 0.781. The number of nitrogens with zero attached hydrogens (tertiary/aromatic N) is 2. The molecule has 1 amide bonds. The monoisotopic (exact) mass is 365 g/mol. The summed E-state index contributed by atoms with van der Waals surface area (Å²) < 4.78 is 10.7. The molecule has 0 saturated carbocycles. The normalized spacial score (nSPS) is 10.1. The van der Waals surface area contributed by atoms with E-state index in [1.807, 2.05) is 30.3 Å². The highest BCUT2D eigenvalue weighted by atomic mass is 16.6. The Balaban J connectivity index is 1.71. The van der Waals surface area contributed by atoms with E-state index in [1.54, 1.807) is 18.3 Å². The van der Waals surface area contributed by atoms with Gasteiger partial charge >= 0.3 is 6.09 Å². The minimum atomic E-state index is -0.730. The summed E-state index contributed by atoms with van der Waals surface area (Å²) in [6, 6.07) is 16.4. The van der Waals surface area contributed by atoms with E-state index in [1.165, 1.54) is 24.4 Å². The summed E-state index contributed by atoms with van der Waals surface area (Å²) in [5, 5.41) is 13.6. The highest BCUT2D eigenvalue weighted by Gasteiger charge is 2.14. The quantitative estimate of drug-likeness (QED) is 0.508. The van der Waals surface area contributed by atoms with Gasteiger partial charge in [0.15, 0.2) is 0 Å². The van der Waals surface area contributed by atoms with Gasteiger partial charge in [-0.15, -0.1) is 0 Å². The average molecular weight is 365 g/mol. The largest absolute Gasteiger partial charge is 0.455 e. The number of benzene rings is 2. The van der Waals surface area contributed by atoms with Crippen LogP contribution in [0, 0.1) is 10.1 Å². The first kappa shape index (κ1) is 17.9. The van der Waals surface area contributed by atoms with E-state index in [2.05, 4.69) is 10.3 Å². The molecule has 0 aliphatic carbocycles. The molecule has 27 heavy (non-hydrogen) atoms. The molecule has 0 spiro atoms. The Morgan fingerprint density at radius 2 is 1.89 bits per heavy atom. The number of nitro benzene ring substituents is 1. The number of rotatable bonds is 6. The van der Waals surface area contributed by atoms with Crippen molar-refractivity contribution in [3.8, 4) is 11.5 Å². The number of carbonyl (C=O) groups is 1. The Hall–Kier alpha value is -3.94. The van der Waals surface area contributed by atoms with Gasteiger partial charge in [0.05, 0.1) is 22.9 Å². The average Bonchev–Trinajstić information content (AvgIpc) is 2.68. The van der Waals surface area contributed by atoms with Gasteiger partial charge in [0.2, 0.25) is 0 Å². The third-order valence-corrected chi connectivity index (χ3v) is 3.43. The van der Waals surface area contributed by atoms with Gasteiger partial charge < -0.3 is 9.47 Å². The van der Waals surface area contributed by atoms with Crippen LogP contribution < -0.4 is 10.1 Å². The molecule has 1 heterocycles. The molecular weight excluding hydrogens is 350 g/mol. The van der Waals surface area contributed by atoms with Crippen molar-refractivity contribution >= 4 is 17.5 Å². The van der Waals surface area contributed by atoms with Crippen LogP contribution in [0.5, 0.6) is 11.5 Å². The Labute approximate surface area is 154 Å². The maximum atomic E-state index is 12.0. The summed E-state index contributed by atoms with van der Waals surface area (Å²) in [7, 11) is 0. The maximum absolute atomic E-state index is 12.0. The molecule has 3 rings (SSSR count). The first-order chi connectivity index (χ1) is 13.1. The number of nitrogens with one attached hydrogen (secondary N) is 1. The van der Waals surface area contributed by atoms with Crippen LogP contribution in [0.4, 0.5) is 16.2 Å². The van der Waals surface area contributed by atoms with Gasteiger partial charge in [-0.1, -0.05) is 30.3 Å². The molecule has 1 aromatic heterocycles. The van der Waals surface area contributed by atoms with Crippen molar-refractivity contribution in [2.45, 2.75) is 6.61 Å². The Bertz CT molecular complexity index is 933. The van der Waals surface area contributed by atoms with E-state index in [0.29, 0.717) is 5.75 Å². The van der Waals surface area contributed by atoms with E-state index in [-0.39, 0.29) is 23.7 Å². The van der Waals surface area contributed by atoms with Crippen LogP contribution in [0.2, 0.25) is 0 Å². The fraction of sp³-hybridized carbons (Fsp3) is 0.0526. The second kappa shape index (κ2) is 8.43. The molecule has 8 nitrogen and oxygen atoms in total. The molecule has 3 aromatic rings. The predicted octanol–water partition coefficient (Wildman–Crippen LogP) is 4.53. The Kier molecular flexibility index (Phi) is 5.58. The molecule has 2 aromatic carbocycles. The lowest BCUT2D eigenvalue weighted by molar-refractivity contribution is -0.384. The minimum Gasteiger partial charge on any atom is -0.455 e. The standard InChI is InChI=1S/C19H15N3O5/c23-19(26-13-14-5-2-1-3-6-14)21-15-9-16(22(24)25)11-18(10-15)27-17-7-4-8-20-12-17/h1-12H,13H2,(H,21,23). The lowest BCUT2D eigenvalue weighted by atomic mass is 10.2. The van der Waals surface area contributed by atoms with Gasteiger partial charge in [-0.2, -0.15) is 0 Å². The Morgan fingerprint density at radius 1 is 1.07 bits per heavy atom. The molecule has 0 saturated heterocycles. The molecule has 0 atom stereocenters. The number of ether oxygens (including phenoxy) is 2. The van der Waals surface area contributed by atoms with Crippen molar-refractivity contribution in [3.63, 3.8) is 0 Å². The molecule has 136 valence electrons. The molecule has 0 radical (unpaired) electrons. The number of hydrogen-bond acceptors (Lipinski definition) is 6. The van der Waals surface area contributed by atoms with Gasteiger partial charge in [0, 0.05) is 18.3 Å². The molecule has 0 aliphatic rings. The van der Waals surface area contributed by atoms with E-state index in [4.69, 9.17) is 9.47 Å². The number of amides is 1. The summed E-state index contributed by atoms with van der Waals surface area (Å²) in [6.45, 7) is 0.0840. The first-order valence-corrected chi connectivity index (χ1v) is 7.95. The summed E-state index contributed by atoms with van der Waals surface area (Å²) >= 11 is 0. The molecular formula is C19H15N3O5. The molecule has 1 N–H and O–H groups in total. The molecule has 0 unspecified atom stereocenters. The van der Waals surface area contributed by atoms with Crippen LogP contribution in [-0.4, -0.2) is 16.0 Å². The van der Waals surface area contributed by atoms with Crippen molar-refractivity contribution in [1.82, 2.24) is 4.98 Å². The number of anilines is 1. The number of non-ortho nitro benzene ring substituents is 1. The van der Waals surface area contributed by atoms with Crippen LogP contribution in [0.1, 0.15) is 5.56 Å². The van der Waals surface area contributed by atoms with E-state index in [0.717, 1.165) is 5.56 Å². The second-order valence-corrected chi connectivity index (χ2v) is 5.45. The molecule has 8 heteroatoms. The summed E-state index contributed by atoms with van der Waals surface area (Å²) in [5.74, 6) is 0.603. The number of pyridine rings is 1. The SMILES string of the molecule is O=C(Nc1cc(Oc2cccnc2)cc([N+](=O)[O-])c1)OCc1ccccc1. The zero-order valence-electron chi connectivity index (χ0n) is 14.1. The predicted molar refractivity (Wildman–Crippen MR) is 97.7 cm³/mol. The van der Waals surface area contributed by atoms with Crippen molar-refractivity contribution in [3.05, 3.63) is 88.7 Å². The minimum absolute atomic E-state index is 0.0840. The van der Waals surface area contributed by atoms with Gasteiger partial charge in [-0.05, 0) is 17.7 Å². The van der Waals surface area contributed by atoms with Crippen molar-refractivity contribution in [1.29, 1.82) is 0 Å². The Morgan fingerprint density at radius 3 is 2.59 bits per heavy atom. The van der Waals surface area contributed by atoms with E-state index >= 15 is 0 Å². The van der Waals surface area contributed by atoms with Crippen LogP contribution in [0.3, 0.4) is 0 Å². The second-order valence-electron chi connectivity index (χ2n) is 5.45. The summed E-state index contributed by atoms with van der Waals surface area (Å²) in [6.07, 6.45) is 2.32. The third kappa shape index (κ3) is 5.27. The number of nitro groups is 1. The van der Waals surface area contributed by atoms with Gasteiger partial charge in [0.1, 0.15) is 18.1 Å². The number of aromatic nitrogens is 1. The van der Waals surface area contributed by atoms with Crippen LogP contribution in [0.15, 0.2) is 73.1 Å². The lowest BCUT2D eigenvalue weighted by Crippen LogP contribution is -2.13. The van der Waals surface area contributed by atoms with Gasteiger partial charge in [-0.3, -0.25) is 20.4 Å². The third-order valence-electron chi connectivity index (χ3n) is 3.43. The van der Waals surface area contributed by atoms with E-state index in [9.17, 15) is 14.9 Å². The van der Waals surface area contributed by atoms with Crippen molar-refractivity contribution in [2.24, 2.45) is 0 Å². The van der Waals surface area contributed by atoms with Crippen LogP contribution in [0.25, 0.3) is 0 Å². The van der Waals surface area contributed by atoms with Crippen molar-refractivity contribution < 1.29 is 19.2 Å². The fourth-order valence-corrected chi connectivity index (χ4v) is 2.24. The zero-order valence-corrected chi connectivity index (χ0v) is 14.1. The van der Waals surface area contributed by atoms with Crippen molar-refractivity contribution in [2.75, 3.05) is 5.32 Å². The number of hydrogen-bond donors (Lipinski definition) is 1. The zero-order chi connectivity index (χ0) is 19.1. The lowest BCUT2D eigenvalue weighted by Gasteiger charge is -2.10. The fourth-order valence-electron chi connectivity index (χ4n) is 2.24. The molecule has 0 fully saturated rings. The van der Waals surface area contributed by atoms with Crippen LogP contribution >= 0.6 is 0 Å². The van der Waals surface area contributed by atoms with Crippen LogP contribution in [-0.2, 0) is 11.3 Å². The topological polar surface area (TPSA) is 104 Å². The first-order valence-electron chi connectivity index (χ1n) is 7.95. The highest BCUT2D eigenvalue weighted by molar-refractivity contribution is 5.85. The summed E-state index contributed by atoms with van der Waals surface area (Å²) in [4.78, 5) is 26.5. The maximum Gasteiger partial charge on any atom is 0.411 e. The smallest absolute Gasteiger partial charge is 0.411 e. The number of carbonyl (C=O) groups excluding carboxylic acids is 1.